The van der Waals surface area contributed by atoms with Crippen molar-refractivity contribution in [3.05, 3.63) is 41.0 Å². The summed E-state index contributed by atoms with van der Waals surface area (Å²) in [5, 5.41) is 8.30. The fraction of sp³-hybridized carbons (Fsp3) is 0.211. The van der Waals surface area contributed by atoms with E-state index in [1.54, 1.807) is 0 Å². The zero-order valence-corrected chi connectivity index (χ0v) is 15.9. The average Bonchev–Trinajstić information content (AvgIpc) is 2.70. The number of nitrogen functional groups attached to an aromatic ring is 1. The van der Waals surface area contributed by atoms with Gasteiger partial charge in [-0.05, 0) is 24.3 Å². The summed E-state index contributed by atoms with van der Waals surface area (Å²) in [6.07, 6.45) is 0. The molecule has 0 saturated heterocycles. The van der Waals surface area contributed by atoms with Gasteiger partial charge in [-0.3, -0.25) is 15.0 Å². The predicted molar refractivity (Wildman–Crippen MR) is 103 cm³/mol. The third-order valence-corrected chi connectivity index (χ3v) is 4.10. The van der Waals surface area contributed by atoms with Crippen molar-refractivity contribution in [1.29, 1.82) is 5.41 Å². The summed E-state index contributed by atoms with van der Waals surface area (Å²) in [4.78, 5) is 24.6. The highest BCUT2D eigenvalue weighted by atomic mass is 16.5. The number of rotatable bonds is 8. The minimum atomic E-state index is -0.829. The van der Waals surface area contributed by atoms with E-state index in [0.29, 0.717) is 5.75 Å². The molecule has 5 N–H and O–H groups in total. The van der Waals surface area contributed by atoms with Crippen LogP contribution in [-0.2, 0) is 0 Å². The Hall–Kier alpha value is -3.75. The number of carbonyl (C=O) groups excluding carboxylic acids is 2. The van der Waals surface area contributed by atoms with Gasteiger partial charge in [-0.2, -0.15) is 0 Å². The van der Waals surface area contributed by atoms with Gasteiger partial charge in [0.15, 0.2) is 11.5 Å². The molecule has 9 heteroatoms. The van der Waals surface area contributed by atoms with Crippen LogP contribution in [0.1, 0.15) is 26.3 Å². The summed E-state index contributed by atoms with van der Waals surface area (Å²) < 4.78 is 20.8. The van der Waals surface area contributed by atoms with Gasteiger partial charge in [-0.15, -0.1) is 0 Å². The van der Waals surface area contributed by atoms with E-state index < -0.39 is 17.4 Å². The number of ketones is 1. The molecule has 0 fully saturated rings. The minimum Gasteiger partial charge on any atom is -0.496 e. The standard InChI is InChI=1S/C19H21N3O6/c1-25-11-6-5-10(15(20)14(11)19(22)24)16(21)17(23)9-7-12(26-2)18(28-4)13(8-9)27-3/h5-8,21H,20H2,1-4H3,(H2,22,24). The van der Waals surface area contributed by atoms with Crippen LogP contribution in [0.2, 0.25) is 0 Å². The van der Waals surface area contributed by atoms with E-state index in [4.69, 9.17) is 35.8 Å². The Bertz CT molecular complexity index is 930. The Morgan fingerprint density at radius 1 is 0.893 bits per heavy atom. The van der Waals surface area contributed by atoms with Crippen LogP contribution in [0.25, 0.3) is 0 Å². The lowest BCUT2D eigenvalue weighted by atomic mass is 9.96. The number of ether oxygens (including phenoxy) is 4. The van der Waals surface area contributed by atoms with Gasteiger partial charge in [-0.25, -0.2) is 0 Å². The number of hydrogen-bond donors (Lipinski definition) is 3. The number of benzene rings is 2. The Morgan fingerprint density at radius 3 is 1.86 bits per heavy atom. The molecule has 0 heterocycles. The molecule has 2 rings (SSSR count). The number of nitrogens with one attached hydrogen (secondary N) is 1. The van der Waals surface area contributed by atoms with Crippen molar-refractivity contribution in [1.82, 2.24) is 0 Å². The second-order valence-electron chi connectivity index (χ2n) is 5.59. The van der Waals surface area contributed by atoms with Crippen LogP contribution in [0, 0.1) is 5.41 Å². The Kier molecular flexibility index (Phi) is 6.09. The van der Waals surface area contributed by atoms with Crippen molar-refractivity contribution in [2.75, 3.05) is 34.2 Å². The van der Waals surface area contributed by atoms with E-state index in [9.17, 15) is 9.59 Å². The van der Waals surface area contributed by atoms with Crippen LogP contribution in [0.5, 0.6) is 23.0 Å². The lowest BCUT2D eigenvalue weighted by Crippen LogP contribution is -2.21. The van der Waals surface area contributed by atoms with Crippen LogP contribution in [-0.4, -0.2) is 45.8 Å². The number of amides is 1. The molecule has 2 aromatic rings. The van der Waals surface area contributed by atoms with Crippen molar-refractivity contribution in [2.45, 2.75) is 0 Å². The van der Waals surface area contributed by atoms with Gasteiger partial charge in [0.2, 0.25) is 11.5 Å². The van der Waals surface area contributed by atoms with Gasteiger partial charge < -0.3 is 30.4 Å². The number of carbonyl (C=O) groups is 2. The smallest absolute Gasteiger partial charge is 0.254 e. The molecule has 0 aliphatic carbocycles. The first kappa shape index (κ1) is 20.6. The Morgan fingerprint density at radius 2 is 1.43 bits per heavy atom. The fourth-order valence-electron chi connectivity index (χ4n) is 2.72. The van der Waals surface area contributed by atoms with Gasteiger partial charge in [0.05, 0.1) is 34.1 Å². The first-order valence-electron chi connectivity index (χ1n) is 8.00. The number of nitrogens with two attached hydrogens (primary N) is 2. The highest BCUT2D eigenvalue weighted by molar-refractivity contribution is 6.51. The van der Waals surface area contributed by atoms with Gasteiger partial charge >= 0.3 is 0 Å². The largest absolute Gasteiger partial charge is 0.496 e. The molecule has 0 aromatic heterocycles. The van der Waals surface area contributed by atoms with Crippen molar-refractivity contribution < 1.29 is 28.5 Å². The molecule has 0 bridgehead atoms. The molecule has 0 aliphatic heterocycles. The summed E-state index contributed by atoms with van der Waals surface area (Å²) in [6, 6.07) is 5.68. The van der Waals surface area contributed by atoms with Crippen molar-refractivity contribution >= 4 is 23.1 Å². The maximum atomic E-state index is 12.9. The Balaban J connectivity index is 2.56. The predicted octanol–water partition coefficient (Wildman–Crippen LogP) is 1.65. The van der Waals surface area contributed by atoms with Crippen LogP contribution in [0.4, 0.5) is 5.69 Å². The Labute approximate surface area is 161 Å². The summed E-state index contributed by atoms with van der Waals surface area (Å²) in [5.41, 5.74) is 10.9. The zero-order chi connectivity index (χ0) is 21.0. The molecule has 9 nitrogen and oxygen atoms in total. The molecule has 0 aliphatic rings. The summed E-state index contributed by atoms with van der Waals surface area (Å²) in [6.45, 7) is 0. The number of hydrogen-bond acceptors (Lipinski definition) is 8. The van der Waals surface area contributed by atoms with E-state index in [1.807, 2.05) is 0 Å². The maximum Gasteiger partial charge on any atom is 0.254 e. The summed E-state index contributed by atoms with van der Waals surface area (Å²) >= 11 is 0. The van der Waals surface area contributed by atoms with E-state index in [2.05, 4.69) is 0 Å². The highest BCUT2D eigenvalue weighted by Gasteiger charge is 2.24. The third kappa shape index (κ3) is 3.54. The van der Waals surface area contributed by atoms with Gasteiger partial charge in [0.25, 0.3) is 5.91 Å². The number of methoxy groups -OCH3 is 4. The number of anilines is 1. The molecule has 0 saturated carbocycles. The van der Waals surface area contributed by atoms with Crippen LogP contribution in [0.3, 0.4) is 0 Å². The van der Waals surface area contributed by atoms with Crippen LogP contribution < -0.4 is 30.4 Å². The van der Waals surface area contributed by atoms with Crippen molar-refractivity contribution in [2.24, 2.45) is 5.73 Å². The van der Waals surface area contributed by atoms with E-state index in [1.165, 1.54) is 52.7 Å². The summed E-state index contributed by atoms with van der Waals surface area (Å²) in [7, 11) is 5.62. The third-order valence-electron chi connectivity index (χ3n) is 4.10. The second-order valence-corrected chi connectivity index (χ2v) is 5.59. The van der Waals surface area contributed by atoms with Gasteiger partial charge in [-0.1, -0.05) is 0 Å². The van der Waals surface area contributed by atoms with E-state index in [-0.39, 0.29) is 39.6 Å². The van der Waals surface area contributed by atoms with Crippen LogP contribution in [0.15, 0.2) is 24.3 Å². The minimum absolute atomic E-state index is 0.0494. The lowest BCUT2D eigenvalue weighted by Gasteiger charge is -2.15. The quantitative estimate of drug-likeness (QED) is 0.354. The van der Waals surface area contributed by atoms with Gasteiger partial charge in [0.1, 0.15) is 17.0 Å². The molecule has 28 heavy (non-hydrogen) atoms. The van der Waals surface area contributed by atoms with Crippen molar-refractivity contribution in [3.8, 4) is 23.0 Å². The summed E-state index contributed by atoms with van der Waals surface area (Å²) in [5.74, 6) is -0.498. The average molecular weight is 387 g/mol. The molecule has 0 radical (unpaired) electrons. The molecule has 1 amide bonds. The number of Topliss-reactive ketones (excluding diaryl/α,β-unsaturated/α-hetero) is 1. The lowest BCUT2D eigenvalue weighted by molar-refractivity contribution is 0.0997. The van der Waals surface area contributed by atoms with Crippen molar-refractivity contribution in [3.63, 3.8) is 0 Å². The van der Waals surface area contributed by atoms with E-state index in [0.717, 1.165) is 0 Å². The zero-order valence-electron chi connectivity index (χ0n) is 15.9. The molecular formula is C19H21N3O6. The first-order valence-corrected chi connectivity index (χ1v) is 8.00. The van der Waals surface area contributed by atoms with E-state index >= 15 is 0 Å². The number of primary amides is 1. The maximum absolute atomic E-state index is 12.9. The monoisotopic (exact) mass is 387 g/mol. The molecular weight excluding hydrogens is 366 g/mol. The normalized spacial score (nSPS) is 10.1. The first-order chi connectivity index (χ1) is 13.3. The molecule has 0 atom stereocenters. The highest BCUT2D eigenvalue weighted by Crippen LogP contribution is 2.38. The second kappa shape index (κ2) is 8.30. The van der Waals surface area contributed by atoms with Gasteiger partial charge in [0, 0.05) is 11.1 Å². The molecule has 148 valence electrons. The molecule has 0 unspecified atom stereocenters. The van der Waals surface area contributed by atoms with Crippen LogP contribution >= 0.6 is 0 Å². The molecule has 2 aromatic carbocycles. The topological polar surface area (TPSA) is 147 Å². The molecule has 0 spiro atoms. The SMILES string of the molecule is COc1cc(C(=O)C(=N)c2ccc(OC)c(C(N)=O)c2N)cc(OC)c1OC. The fourth-order valence-corrected chi connectivity index (χ4v) is 2.72.